The molecule has 2 atom stereocenters. The molecule has 0 saturated heterocycles. The quantitative estimate of drug-likeness (QED) is 0.614. The molecule has 1 aliphatic carbocycles. The Morgan fingerprint density at radius 2 is 2.16 bits per heavy atom. The van der Waals surface area contributed by atoms with E-state index < -0.39 is 4.92 Å². The fourth-order valence-electron chi connectivity index (χ4n) is 2.97. The average Bonchev–Trinajstić information content (AvgIpc) is 3.24. The van der Waals surface area contributed by atoms with Gasteiger partial charge in [-0.05, 0) is 31.4 Å². The monoisotopic (exact) mass is 344 g/mol. The second-order valence-electron chi connectivity index (χ2n) is 6.04. The summed E-state index contributed by atoms with van der Waals surface area (Å²) in [5, 5.41) is 17.5. The van der Waals surface area contributed by atoms with Crippen LogP contribution in [-0.2, 0) is 11.3 Å². The van der Waals surface area contributed by atoms with Crippen LogP contribution >= 0.6 is 0 Å². The van der Waals surface area contributed by atoms with E-state index in [1.165, 1.54) is 17.1 Å². The third-order valence-corrected chi connectivity index (χ3v) is 4.23. The molecule has 0 bridgehead atoms. The van der Waals surface area contributed by atoms with Crippen molar-refractivity contribution >= 4 is 11.6 Å². The number of rotatable bonds is 7. The number of aryl methyl sites for hydroxylation is 1. The third kappa shape index (κ3) is 4.56. The minimum atomic E-state index is -0.506. The van der Waals surface area contributed by atoms with Crippen LogP contribution in [-0.4, -0.2) is 32.8 Å². The fraction of sp³-hybridized carbons (Fsp3) is 0.412. The Balaban J connectivity index is 1.48. The van der Waals surface area contributed by atoms with Gasteiger partial charge >= 0.3 is 5.69 Å². The van der Waals surface area contributed by atoms with Crippen molar-refractivity contribution < 1.29 is 14.5 Å². The van der Waals surface area contributed by atoms with Gasteiger partial charge in [-0.3, -0.25) is 19.6 Å². The lowest BCUT2D eigenvalue weighted by Gasteiger charge is -2.22. The van der Waals surface area contributed by atoms with E-state index >= 15 is 0 Å². The van der Waals surface area contributed by atoms with Gasteiger partial charge in [0.1, 0.15) is 24.2 Å². The normalized spacial score (nSPS) is 19.5. The lowest BCUT2D eigenvalue weighted by molar-refractivity contribution is -0.385. The van der Waals surface area contributed by atoms with Crippen LogP contribution in [0.4, 0.5) is 5.69 Å². The molecule has 0 spiro atoms. The van der Waals surface area contributed by atoms with Crippen molar-refractivity contribution in [2.75, 3.05) is 0 Å². The zero-order valence-electron chi connectivity index (χ0n) is 13.7. The number of nitrogens with zero attached hydrogens (tertiary/aromatic N) is 3. The highest BCUT2D eigenvalue weighted by Crippen LogP contribution is 2.24. The van der Waals surface area contributed by atoms with Crippen molar-refractivity contribution in [1.29, 1.82) is 0 Å². The van der Waals surface area contributed by atoms with E-state index in [1.54, 1.807) is 0 Å². The van der Waals surface area contributed by atoms with E-state index in [0.717, 1.165) is 25.0 Å². The van der Waals surface area contributed by atoms with Crippen LogP contribution in [0.25, 0.3) is 0 Å². The SMILES string of the molecule is O=C(CCn1cc([N+](=O)[O-])cn1)N[C@H]1CCC[C@H]1Oc1ccccc1. The Morgan fingerprint density at radius 1 is 1.36 bits per heavy atom. The van der Waals surface area contributed by atoms with E-state index in [4.69, 9.17) is 4.74 Å². The van der Waals surface area contributed by atoms with Crippen LogP contribution < -0.4 is 10.1 Å². The third-order valence-electron chi connectivity index (χ3n) is 4.23. The van der Waals surface area contributed by atoms with Gasteiger partial charge in [-0.1, -0.05) is 18.2 Å². The first-order valence-electron chi connectivity index (χ1n) is 8.30. The predicted octanol–water partition coefficient (Wildman–Crippen LogP) is 2.30. The molecule has 1 amide bonds. The highest BCUT2D eigenvalue weighted by molar-refractivity contribution is 5.76. The Labute approximate surface area is 144 Å². The lowest BCUT2D eigenvalue weighted by atomic mass is 10.2. The first-order chi connectivity index (χ1) is 12.1. The van der Waals surface area contributed by atoms with E-state index in [2.05, 4.69) is 10.4 Å². The zero-order chi connectivity index (χ0) is 17.6. The van der Waals surface area contributed by atoms with Crippen LogP contribution in [0, 0.1) is 10.1 Å². The number of nitro groups is 1. The van der Waals surface area contributed by atoms with E-state index in [0.29, 0.717) is 6.54 Å². The minimum absolute atomic E-state index is 0.0142. The topological polar surface area (TPSA) is 99.3 Å². The number of para-hydroxylation sites is 1. The average molecular weight is 344 g/mol. The number of aromatic nitrogens is 2. The molecule has 0 unspecified atom stereocenters. The molecule has 25 heavy (non-hydrogen) atoms. The Kier molecular flexibility index (Phi) is 5.27. The largest absolute Gasteiger partial charge is 0.488 e. The second-order valence-corrected chi connectivity index (χ2v) is 6.04. The summed E-state index contributed by atoms with van der Waals surface area (Å²) in [6.45, 7) is 0.302. The lowest BCUT2D eigenvalue weighted by Crippen LogP contribution is -2.42. The molecular formula is C17H20N4O4. The van der Waals surface area contributed by atoms with Gasteiger partial charge in [-0.2, -0.15) is 5.10 Å². The number of benzene rings is 1. The summed E-state index contributed by atoms with van der Waals surface area (Å²) in [7, 11) is 0. The number of carbonyl (C=O) groups excluding carboxylic acids is 1. The van der Waals surface area contributed by atoms with Gasteiger partial charge in [0.15, 0.2) is 0 Å². The molecule has 8 nitrogen and oxygen atoms in total. The summed E-state index contributed by atoms with van der Waals surface area (Å²) in [4.78, 5) is 22.3. The van der Waals surface area contributed by atoms with Gasteiger partial charge in [0.05, 0.1) is 11.0 Å². The number of nitrogens with one attached hydrogen (secondary N) is 1. The first-order valence-corrected chi connectivity index (χ1v) is 8.30. The number of hydrogen-bond donors (Lipinski definition) is 1. The molecule has 1 N–H and O–H groups in total. The van der Waals surface area contributed by atoms with E-state index in [1.807, 2.05) is 30.3 Å². The van der Waals surface area contributed by atoms with Crippen molar-refractivity contribution in [2.45, 2.75) is 44.4 Å². The van der Waals surface area contributed by atoms with Crippen molar-refractivity contribution in [3.63, 3.8) is 0 Å². The maximum absolute atomic E-state index is 12.2. The molecule has 0 radical (unpaired) electrons. The number of amides is 1. The summed E-state index contributed by atoms with van der Waals surface area (Å²) in [6, 6.07) is 9.56. The van der Waals surface area contributed by atoms with Gasteiger partial charge in [0.2, 0.25) is 5.91 Å². The van der Waals surface area contributed by atoms with Gasteiger partial charge in [0.25, 0.3) is 0 Å². The summed E-state index contributed by atoms with van der Waals surface area (Å²) in [6.07, 6.45) is 5.49. The van der Waals surface area contributed by atoms with Gasteiger partial charge < -0.3 is 10.1 Å². The molecule has 1 heterocycles. The smallest absolute Gasteiger partial charge is 0.306 e. The highest BCUT2D eigenvalue weighted by atomic mass is 16.6. The Hall–Kier alpha value is -2.90. The molecule has 1 aliphatic rings. The van der Waals surface area contributed by atoms with Crippen LogP contribution in [0.3, 0.4) is 0 Å². The molecule has 1 saturated carbocycles. The maximum Gasteiger partial charge on any atom is 0.306 e. The van der Waals surface area contributed by atoms with Crippen LogP contribution in [0.5, 0.6) is 5.75 Å². The van der Waals surface area contributed by atoms with Gasteiger partial charge in [-0.15, -0.1) is 0 Å². The minimum Gasteiger partial charge on any atom is -0.488 e. The molecule has 8 heteroatoms. The summed E-state index contributed by atoms with van der Waals surface area (Å²) in [5.74, 6) is 0.698. The molecule has 2 aromatic rings. The standard InChI is InChI=1S/C17H20N4O4/c22-17(9-10-20-12-13(11-18-20)21(23)24)19-15-7-4-8-16(15)25-14-5-2-1-3-6-14/h1-3,5-6,11-12,15-16H,4,7-10H2,(H,19,22)/t15-,16+/m0/s1. The predicted molar refractivity (Wildman–Crippen MR) is 90.1 cm³/mol. The molecule has 1 aromatic heterocycles. The fourth-order valence-corrected chi connectivity index (χ4v) is 2.97. The maximum atomic E-state index is 12.2. The van der Waals surface area contributed by atoms with Crippen LogP contribution in [0.15, 0.2) is 42.7 Å². The second kappa shape index (κ2) is 7.78. The van der Waals surface area contributed by atoms with Gasteiger partial charge in [-0.25, -0.2) is 0 Å². The van der Waals surface area contributed by atoms with Crippen molar-refractivity contribution in [1.82, 2.24) is 15.1 Å². The molecule has 3 rings (SSSR count). The Bertz CT molecular complexity index is 731. The van der Waals surface area contributed by atoms with Crippen LogP contribution in [0.2, 0.25) is 0 Å². The van der Waals surface area contributed by atoms with Gasteiger partial charge in [0, 0.05) is 13.0 Å². The number of carbonyl (C=O) groups is 1. The van der Waals surface area contributed by atoms with Crippen molar-refractivity contribution in [3.8, 4) is 5.75 Å². The van der Waals surface area contributed by atoms with E-state index in [9.17, 15) is 14.9 Å². The zero-order valence-corrected chi connectivity index (χ0v) is 13.7. The van der Waals surface area contributed by atoms with Crippen molar-refractivity contribution in [2.24, 2.45) is 0 Å². The number of hydrogen-bond acceptors (Lipinski definition) is 5. The van der Waals surface area contributed by atoms with Crippen molar-refractivity contribution in [3.05, 3.63) is 52.8 Å². The highest BCUT2D eigenvalue weighted by Gasteiger charge is 2.30. The summed E-state index contributed by atoms with van der Waals surface area (Å²) >= 11 is 0. The molecule has 132 valence electrons. The first kappa shape index (κ1) is 16.9. The molecule has 1 fully saturated rings. The molecule has 1 aromatic carbocycles. The molecular weight excluding hydrogens is 324 g/mol. The summed E-state index contributed by atoms with van der Waals surface area (Å²) < 4.78 is 7.38. The Morgan fingerprint density at radius 3 is 2.88 bits per heavy atom. The van der Waals surface area contributed by atoms with E-state index in [-0.39, 0.29) is 30.2 Å². The summed E-state index contributed by atoms with van der Waals surface area (Å²) in [5.41, 5.74) is -0.0764. The molecule has 0 aliphatic heterocycles. The van der Waals surface area contributed by atoms with Crippen LogP contribution in [0.1, 0.15) is 25.7 Å². The number of ether oxygens (including phenoxy) is 1.